The van der Waals surface area contributed by atoms with Crippen LogP contribution in [0.3, 0.4) is 0 Å². The number of amides is 1. The largest absolute Gasteiger partial charge is 0.465 e. The Kier molecular flexibility index (Phi) is 7.23. The van der Waals surface area contributed by atoms with Crippen LogP contribution in [0, 0.1) is 11.8 Å². The molecule has 25 heavy (non-hydrogen) atoms. The molecule has 4 atom stereocenters. The van der Waals surface area contributed by atoms with Gasteiger partial charge in [-0.25, -0.2) is 4.79 Å². The van der Waals surface area contributed by atoms with Crippen LogP contribution in [0.1, 0.15) is 46.0 Å². The van der Waals surface area contributed by atoms with Crippen molar-refractivity contribution in [1.29, 1.82) is 0 Å². The molecule has 142 valence electrons. The predicted octanol–water partition coefficient (Wildman–Crippen LogP) is 1.53. The Labute approximate surface area is 149 Å². The summed E-state index contributed by atoms with van der Waals surface area (Å²) in [7, 11) is 1.59. The zero-order chi connectivity index (χ0) is 18.4. The molecule has 0 spiro atoms. The van der Waals surface area contributed by atoms with Crippen molar-refractivity contribution in [2.24, 2.45) is 11.8 Å². The Hall–Kier alpha value is -1.63. The van der Waals surface area contributed by atoms with E-state index < -0.39 is 12.0 Å². The highest BCUT2D eigenvalue weighted by molar-refractivity contribution is 5.86. The number of esters is 2. The lowest BCUT2D eigenvalue weighted by molar-refractivity contribution is -0.159. The van der Waals surface area contributed by atoms with Crippen LogP contribution in [0.5, 0.6) is 0 Å². The summed E-state index contributed by atoms with van der Waals surface area (Å²) in [6.07, 6.45) is 2.90. The molecule has 0 bridgehead atoms. The van der Waals surface area contributed by atoms with Crippen LogP contribution in [-0.2, 0) is 28.6 Å². The first-order chi connectivity index (χ1) is 11.9. The second-order valence-electron chi connectivity index (χ2n) is 7.05. The number of rotatable bonds is 1. The van der Waals surface area contributed by atoms with Crippen LogP contribution in [0.4, 0.5) is 0 Å². The highest BCUT2D eigenvalue weighted by Crippen LogP contribution is 2.23. The lowest BCUT2D eigenvalue weighted by atomic mass is 9.98. The maximum Gasteiger partial charge on any atom is 0.328 e. The molecule has 7 heteroatoms. The Balaban J connectivity index is 2.12. The fourth-order valence-corrected chi connectivity index (χ4v) is 3.40. The van der Waals surface area contributed by atoms with E-state index in [0.29, 0.717) is 25.8 Å². The van der Waals surface area contributed by atoms with Gasteiger partial charge in [0.2, 0.25) is 5.91 Å². The van der Waals surface area contributed by atoms with Gasteiger partial charge in [0.05, 0.1) is 12.0 Å². The second kappa shape index (κ2) is 9.17. The van der Waals surface area contributed by atoms with E-state index in [1.807, 2.05) is 6.92 Å². The number of hydrogen-bond donors (Lipinski definition) is 0. The van der Waals surface area contributed by atoms with Crippen molar-refractivity contribution in [1.82, 2.24) is 4.90 Å². The lowest BCUT2D eigenvalue weighted by Gasteiger charge is -2.27. The number of carbonyl (C=O) groups is 3. The van der Waals surface area contributed by atoms with E-state index in [4.69, 9.17) is 14.2 Å². The molecule has 2 aliphatic rings. The van der Waals surface area contributed by atoms with Gasteiger partial charge < -0.3 is 19.1 Å². The van der Waals surface area contributed by atoms with Gasteiger partial charge in [-0.1, -0.05) is 13.8 Å². The molecular formula is C18H29NO6. The highest BCUT2D eigenvalue weighted by Gasteiger charge is 2.37. The zero-order valence-corrected chi connectivity index (χ0v) is 15.4. The van der Waals surface area contributed by atoms with Gasteiger partial charge in [0.15, 0.2) is 0 Å². The molecule has 2 saturated heterocycles. The van der Waals surface area contributed by atoms with E-state index >= 15 is 0 Å². The first-order valence-electron chi connectivity index (χ1n) is 9.09. The fourth-order valence-electron chi connectivity index (χ4n) is 3.40. The van der Waals surface area contributed by atoms with Crippen molar-refractivity contribution in [3.8, 4) is 0 Å². The van der Waals surface area contributed by atoms with Gasteiger partial charge in [-0.15, -0.1) is 0 Å². The summed E-state index contributed by atoms with van der Waals surface area (Å²) in [5.41, 5.74) is 0. The average molecular weight is 355 g/mol. The van der Waals surface area contributed by atoms with Crippen LogP contribution >= 0.6 is 0 Å². The first-order valence-corrected chi connectivity index (χ1v) is 9.09. The Morgan fingerprint density at radius 3 is 2.52 bits per heavy atom. The monoisotopic (exact) mass is 355 g/mol. The quantitative estimate of drug-likeness (QED) is 0.664. The summed E-state index contributed by atoms with van der Waals surface area (Å²) in [6.45, 7) is 4.47. The summed E-state index contributed by atoms with van der Waals surface area (Å²) in [6, 6.07) is -0.552. The molecule has 2 heterocycles. The summed E-state index contributed by atoms with van der Waals surface area (Å²) in [5.74, 6) is -1.15. The zero-order valence-electron chi connectivity index (χ0n) is 15.4. The van der Waals surface area contributed by atoms with Crippen molar-refractivity contribution in [2.75, 3.05) is 26.9 Å². The molecule has 1 amide bonds. The molecule has 0 saturated carbocycles. The molecule has 0 aromatic rings. The van der Waals surface area contributed by atoms with Gasteiger partial charge in [0.25, 0.3) is 0 Å². The van der Waals surface area contributed by atoms with E-state index in [9.17, 15) is 14.4 Å². The van der Waals surface area contributed by atoms with Gasteiger partial charge in [-0.3, -0.25) is 9.59 Å². The minimum Gasteiger partial charge on any atom is -0.465 e. The van der Waals surface area contributed by atoms with Gasteiger partial charge in [0.1, 0.15) is 19.3 Å². The van der Waals surface area contributed by atoms with Crippen molar-refractivity contribution in [3.05, 3.63) is 0 Å². The smallest absolute Gasteiger partial charge is 0.328 e. The van der Waals surface area contributed by atoms with Crippen LogP contribution < -0.4 is 0 Å². The number of ether oxygens (including phenoxy) is 3. The van der Waals surface area contributed by atoms with Crippen molar-refractivity contribution in [2.45, 2.75) is 58.1 Å². The van der Waals surface area contributed by atoms with Gasteiger partial charge in [0, 0.05) is 20.1 Å². The van der Waals surface area contributed by atoms with Crippen molar-refractivity contribution >= 4 is 17.8 Å². The summed E-state index contributed by atoms with van der Waals surface area (Å²) in [5, 5.41) is 0. The molecule has 0 aliphatic carbocycles. The number of methoxy groups -OCH3 is 1. The molecule has 0 radical (unpaired) electrons. The molecule has 2 fully saturated rings. The van der Waals surface area contributed by atoms with E-state index in [1.165, 1.54) is 0 Å². The number of fused-ring (bicyclic) bond motifs is 1. The number of carbonyl (C=O) groups excluding carboxylic acids is 3. The third-order valence-corrected chi connectivity index (χ3v) is 5.09. The third kappa shape index (κ3) is 5.17. The summed E-state index contributed by atoms with van der Waals surface area (Å²) < 4.78 is 16.1. The SMILES string of the molecule is CO[C@@H]1COC(=O)[C@@H]2CCCN2C(=O)[C@@H](C)COC(=O)CCC[C@H]1C. The molecule has 0 N–H and O–H groups in total. The van der Waals surface area contributed by atoms with Crippen molar-refractivity contribution < 1.29 is 28.6 Å². The van der Waals surface area contributed by atoms with Crippen LogP contribution in [0.25, 0.3) is 0 Å². The highest BCUT2D eigenvalue weighted by atomic mass is 16.6. The Morgan fingerprint density at radius 1 is 1.04 bits per heavy atom. The number of nitrogens with zero attached hydrogens (tertiary/aromatic N) is 1. The number of cyclic esters (lactones) is 2. The third-order valence-electron chi connectivity index (χ3n) is 5.09. The normalized spacial score (nSPS) is 33.1. The van der Waals surface area contributed by atoms with Crippen LogP contribution in [0.15, 0.2) is 0 Å². The summed E-state index contributed by atoms with van der Waals surface area (Å²) in [4.78, 5) is 38.5. The second-order valence-corrected chi connectivity index (χ2v) is 7.05. The fraction of sp³-hybridized carbons (Fsp3) is 0.833. The average Bonchev–Trinajstić information content (AvgIpc) is 3.08. The molecule has 2 aliphatic heterocycles. The Morgan fingerprint density at radius 2 is 1.80 bits per heavy atom. The predicted molar refractivity (Wildman–Crippen MR) is 89.6 cm³/mol. The molecule has 0 aromatic heterocycles. The number of hydrogen-bond acceptors (Lipinski definition) is 6. The molecule has 0 unspecified atom stereocenters. The Bertz CT molecular complexity index is 494. The lowest BCUT2D eigenvalue weighted by Crippen LogP contribution is -2.45. The van der Waals surface area contributed by atoms with E-state index in [1.54, 1.807) is 18.9 Å². The minimum absolute atomic E-state index is 0.0478. The maximum absolute atomic E-state index is 12.6. The van der Waals surface area contributed by atoms with Gasteiger partial charge >= 0.3 is 11.9 Å². The van der Waals surface area contributed by atoms with E-state index in [2.05, 4.69) is 0 Å². The first kappa shape index (κ1) is 19.7. The van der Waals surface area contributed by atoms with Gasteiger partial charge in [-0.2, -0.15) is 0 Å². The molecule has 0 aromatic carbocycles. The standard InChI is InChI=1S/C18H29NO6/c1-12-6-4-8-16(20)24-10-13(2)17(21)19-9-5-7-14(19)18(22)25-11-15(12)23-3/h12-15H,4-11H2,1-3H3/t12-,13+,14+,15-/m1/s1. The van der Waals surface area contributed by atoms with Crippen LogP contribution in [-0.4, -0.2) is 61.8 Å². The van der Waals surface area contributed by atoms with E-state index in [0.717, 1.165) is 12.8 Å². The van der Waals surface area contributed by atoms with Crippen LogP contribution in [0.2, 0.25) is 0 Å². The van der Waals surface area contributed by atoms with Crippen molar-refractivity contribution in [3.63, 3.8) is 0 Å². The molecular weight excluding hydrogens is 326 g/mol. The molecule has 2 rings (SSSR count). The topological polar surface area (TPSA) is 82.1 Å². The minimum atomic E-state index is -0.552. The summed E-state index contributed by atoms with van der Waals surface area (Å²) >= 11 is 0. The van der Waals surface area contributed by atoms with Gasteiger partial charge in [-0.05, 0) is 31.6 Å². The van der Waals surface area contributed by atoms with E-state index in [-0.39, 0.29) is 43.1 Å². The maximum atomic E-state index is 12.6. The molecule has 7 nitrogen and oxygen atoms in total.